The number of aliphatic hydroxyl groups excluding tert-OH is 1. The van der Waals surface area contributed by atoms with Crippen molar-refractivity contribution in [3.8, 4) is 11.5 Å². The lowest BCUT2D eigenvalue weighted by molar-refractivity contribution is -0.144. The number of hydrogen-bond donors (Lipinski definition) is 3. The number of rotatable bonds is 9. The van der Waals surface area contributed by atoms with Gasteiger partial charge in [-0.3, -0.25) is 25.1 Å². The van der Waals surface area contributed by atoms with Crippen molar-refractivity contribution in [2.75, 3.05) is 33.3 Å². The van der Waals surface area contributed by atoms with E-state index in [-0.39, 0.29) is 24.1 Å². The minimum Gasteiger partial charge on any atom is -0.497 e. The van der Waals surface area contributed by atoms with Crippen molar-refractivity contribution >= 4 is 35.4 Å². The van der Waals surface area contributed by atoms with E-state index in [0.717, 1.165) is 11.1 Å². The molecule has 3 unspecified atom stereocenters. The first-order valence-electron chi connectivity index (χ1n) is 14.2. The van der Waals surface area contributed by atoms with E-state index in [1.165, 1.54) is 0 Å². The van der Waals surface area contributed by atoms with E-state index in [1.54, 1.807) is 23.0 Å². The Morgan fingerprint density at radius 3 is 1.93 bits per heavy atom. The molecule has 228 valence electrons. The summed E-state index contributed by atoms with van der Waals surface area (Å²) in [5.74, 6) is 0.895. The Labute approximate surface area is 261 Å². The Bertz CT molecular complexity index is 1380. The smallest absolute Gasteiger partial charge is 0.262 e. The first kappa shape index (κ1) is 31.3. The number of aldehydes is 1. The molecule has 0 spiro atoms. The van der Waals surface area contributed by atoms with Gasteiger partial charge in [-0.15, -0.1) is 0 Å². The maximum Gasteiger partial charge on any atom is 0.262 e. The number of nitrogens with zero attached hydrogens (tertiary/aromatic N) is 2. The third kappa shape index (κ3) is 6.52. The normalized spacial score (nSPS) is 23.3. The Morgan fingerprint density at radius 1 is 0.930 bits per heavy atom. The topological polar surface area (TPSA) is 103 Å². The molecule has 2 heterocycles. The zero-order valence-electron chi connectivity index (χ0n) is 24.3. The molecule has 1 amide bonds. The van der Waals surface area contributed by atoms with Crippen LogP contribution in [0.5, 0.6) is 11.5 Å². The molecule has 3 atom stereocenters. The van der Waals surface area contributed by atoms with Crippen LogP contribution in [0.4, 0.5) is 0 Å². The number of carbonyl (C=O) groups is 2. The molecule has 0 bridgehead atoms. The molecule has 3 aromatic rings. The average Bonchev–Trinajstić information content (AvgIpc) is 3.42. The van der Waals surface area contributed by atoms with Crippen LogP contribution in [0.25, 0.3) is 0 Å². The van der Waals surface area contributed by atoms with Crippen LogP contribution in [-0.4, -0.2) is 72.7 Å². The molecule has 0 radical (unpaired) electrons. The van der Waals surface area contributed by atoms with E-state index in [0.29, 0.717) is 59.6 Å². The minimum atomic E-state index is -1.42. The second-order valence-electron chi connectivity index (χ2n) is 11.0. The van der Waals surface area contributed by atoms with Gasteiger partial charge in [0.1, 0.15) is 11.5 Å². The number of halogens is 2. The Kier molecular flexibility index (Phi) is 9.60. The quantitative estimate of drug-likeness (QED) is 0.303. The molecule has 3 aromatic carbocycles. The van der Waals surface area contributed by atoms with Gasteiger partial charge in [0, 0.05) is 47.9 Å². The maximum absolute atomic E-state index is 14.8. The number of nitrogens with one attached hydrogen (secondary N) is 2. The van der Waals surface area contributed by atoms with Gasteiger partial charge in [-0.25, -0.2) is 0 Å². The van der Waals surface area contributed by atoms with Crippen molar-refractivity contribution < 1.29 is 24.2 Å². The largest absolute Gasteiger partial charge is 0.497 e. The van der Waals surface area contributed by atoms with Gasteiger partial charge >= 0.3 is 0 Å². The molecule has 2 saturated heterocycles. The Balaban J connectivity index is 1.64. The molecule has 11 heteroatoms. The summed E-state index contributed by atoms with van der Waals surface area (Å²) in [7, 11) is 1.58. The summed E-state index contributed by atoms with van der Waals surface area (Å²) in [6.07, 6.45) is -0.878. The minimum absolute atomic E-state index is 0.174. The first-order chi connectivity index (χ1) is 20.6. The van der Waals surface area contributed by atoms with Crippen LogP contribution in [0, 0.1) is 0 Å². The highest BCUT2D eigenvalue weighted by Crippen LogP contribution is 2.45. The van der Waals surface area contributed by atoms with Gasteiger partial charge in [-0.2, -0.15) is 0 Å². The highest BCUT2D eigenvalue weighted by molar-refractivity contribution is 6.30. The van der Waals surface area contributed by atoms with Crippen molar-refractivity contribution in [2.45, 2.75) is 43.9 Å². The van der Waals surface area contributed by atoms with Crippen molar-refractivity contribution in [2.24, 2.45) is 0 Å². The standard InChI is InChI=1S/C32H36Cl2N4O5/c1-20(2)43-27-18-25(42-3)12-13-26(27)32(31(41)38-16-14-37(15-17-38)28(40)19-39)35-29(21-4-8-23(33)9-5-21)30(36-32)22-6-10-24(34)11-7-22/h4-13,18-20,28-30,35-36,40H,14-17H2,1-3H3. The summed E-state index contributed by atoms with van der Waals surface area (Å²) in [5.41, 5.74) is 1.06. The van der Waals surface area contributed by atoms with Crippen molar-refractivity contribution in [1.82, 2.24) is 20.4 Å². The van der Waals surface area contributed by atoms with Crippen LogP contribution in [0.3, 0.4) is 0 Å². The molecule has 9 nitrogen and oxygen atoms in total. The highest BCUT2D eigenvalue weighted by Gasteiger charge is 2.54. The zero-order valence-corrected chi connectivity index (χ0v) is 25.8. The molecule has 0 saturated carbocycles. The van der Waals surface area contributed by atoms with E-state index in [4.69, 9.17) is 32.7 Å². The van der Waals surface area contributed by atoms with Crippen molar-refractivity contribution in [3.63, 3.8) is 0 Å². The van der Waals surface area contributed by atoms with Gasteiger partial charge in [-0.1, -0.05) is 47.5 Å². The summed E-state index contributed by atoms with van der Waals surface area (Å²) in [5, 5.41) is 18.7. The van der Waals surface area contributed by atoms with Gasteiger partial charge in [0.2, 0.25) is 0 Å². The third-order valence-corrected chi connectivity index (χ3v) is 8.41. The molecule has 2 aliphatic rings. The number of carbonyl (C=O) groups excluding carboxylic acids is 2. The fourth-order valence-electron chi connectivity index (χ4n) is 5.76. The van der Waals surface area contributed by atoms with Crippen LogP contribution < -0.4 is 20.1 Å². The van der Waals surface area contributed by atoms with E-state index in [1.807, 2.05) is 74.5 Å². The van der Waals surface area contributed by atoms with Crippen molar-refractivity contribution in [1.29, 1.82) is 0 Å². The lowest BCUT2D eigenvalue weighted by Gasteiger charge is -2.41. The summed E-state index contributed by atoms with van der Waals surface area (Å²) in [6, 6.07) is 19.9. The number of piperazine rings is 1. The fraction of sp³-hybridized carbons (Fsp3) is 0.375. The summed E-state index contributed by atoms with van der Waals surface area (Å²) < 4.78 is 11.8. The molecule has 0 aliphatic carbocycles. The number of aliphatic hydroxyl groups is 1. The molecule has 2 aliphatic heterocycles. The molecule has 2 fully saturated rings. The van der Waals surface area contributed by atoms with E-state index >= 15 is 0 Å². The SMILES string of the molecule is COc1ccc(C2(C(=O)N3CCN(C(O)C=O)CC3)NC(c3ccc(Cl)cc3)C(c3ccc(Cl)cc3)N2)c(OC(C)C)c1. The lowest BCUT2D eigenvalue weighted by atomic mass is 9.95. The summed E-state index contributed by atoms with van der Waals surface area (Å²) in [6.45, 7) is 5.20. The van der Waals surface area contributed by atoms with Gasteiger partial charge in [-0.05, 0) is 61.4 Å². The van der Waals surface area contributed by atoms with E-state index < -0.39 is 11.9 Å². The number of ether oxygens (including phenoxy) is 2. The molecule has 3 N–H and O–H groups in total. The van der Waals surface area contributed by atoms with Crippen LogP contribution in [0.2, 0.25) is 10.0 Å². The zero-order chi connectivity index (χ0) is 30.7. The maximum atomic E-state index is 14.8. The predicted molar refractivity (Wildman–Crippen MR) is 165 cm³/mol. The first-order valence-corrected chi connectivity index (χ1v) is 15.0. The van der Waals surface area contributed by atoms with Gasteiger partial charge in [0.05, 0.1) is 25.3 Å². The van der Waals surface area contributed by atoms with Gasteiger partial charge < -0.3 is 19.5 Å². The van der Waals surface area contributed by atoms with Crippen LogP contribution >= 0.6 is 23.2 Å². The molecular formula is C32H36Cl2N4O5. The average molecular weight is 628 g/mol. The Hall–Kier alpha value is -3.18. The molecule has 5 rings (SSSR count). The van der Waals surface area contributed by atoms with Gasteiger partial charge in [0.15, 0.2) is 18.2 Å². The Morgan fingerprint density at radius 2 is 1.47 bits per heavy atom. The molecule has 43 heavy (non-hydrogen) atoms. The van der Waals surface area contributed by atoms with Crippen molar-refractivity contribution in [3.05, 3.63) is 93.5 Å². The fourth-order valence-corrected chi connectivity index (χ4v) is 6.02. The van der Waals surface area contributed by atoms with Crippen LogP contribution in [0.15, 0.2) is 66.7 Å². The third-order valence-electron chi connectivity index (χ3n) is 7.91. The van der Waals surface area contributed by atoms with E-state index in [2.05, 4.69) is 10.6 Å². The summed E-state index contributed by atoms with van der Waals surface area (Å²) in [4.78, 5) is 29.4. The summed E-state index contributed by atoms with van der Waals surface area (Å²) >= 11 is 12.5. The highest BCUT2D eigenvalue weighted by atomic mass is 35.5. The molecule has 0 aromatic heterocycles. The second-order valence-corrected chi connectivity index (χ2v) is 11.9. The predicted octanol–water partition coefficient (Wildman–Crippen LogP) is 4.28. The number of amides is 1. The number of hydrogen-bond acceptors (Lipinski definition) is 8. The second kappa shape index (κ2) is 13.2. The van der Waals surface area contributed by atoms with Gasteiger partial charge in [0.25, 0.3) is 5.91 Å². The number of benzene rings is 3. The van der Waals surface area contributed by atoms with Crippen LogP contribution in [-0.2, 0) is 15.3 Å². The number of methoxy groups -OCH3 is 1. The monoisotopic (exact) mass is 626 g/mol. The lowest BCUT2D eigenvalue weighted by Crippen LogP contribution is -2.62. The van der Waals surface area contributed by atoms with E-state index in [9.17, 15) is 14.7 Å². The van der Waals surface area contributed by atoms with Crippen LogP contribution in [0.1, 0.15) is 42.6 Å². The molecular weight excluding hydrogens is 591 g/mol.